The molecule has 0 spiro atoms. The molecule has 4 aromatic rings. The van der Waals surface area contributed by atoms with E-state index < -0.39 is 24.3 Å². The van der Waals surface area contributed by atoms with Crippen molar-refractivity contribution in [2.75, 3.05) is 11.1 Å². The van der Waals surface area contributed by atoms with E-state index in [1.165, 1.54) is 25.6 Å². The Bertz CT molecular complexity index is 1530. The van der Waals surface area contributed by atoms with Crippen LogP contribution in [0.4, 0.5) is 5.69 Å². The van der Waals surface area contributed by atoms with Gasteiger partial charge in [0.1, 0.15) is 5.75 Å². The van der Waals surface area contributed by atoms with Crippen LogP contribution in [0.15, 0.2) is 78.0 Å². The van der Waals surface area contributed by atoms with Gasteiger partial charge in [-0.2, -0.15) is 4.68 Å². The Balaban J connectivity index is 1.31. The minimum absolute atomic E-state index is 0.0465. The minimum Gasteiger partial charge on any atom is -0.508 e. The zero-order valence-corrected chi connectivity index (χ0v) is 24.3. The zero-order chi connectivity index (χ0) is 30.3. The second kappa shape index (κ2) is 13.8. The molecule has 0 aliphatic carbocycles. The Morgan fingerprint density at radius 2 is 1.74 bits per heavy atom. The maximum atomic E-state index is 12.3. The van der Waals surface area contributed by atoms with E-state index in [2.05, 4.69) is 20.8 Å². The molecule has 4 unspecified atom stereocenters. The summed E-state index contributed by atoms with van der Waals surface area (Å²) in [7, 11) is 0. The number of aliphatic hydroxyl groups excluding tert-OH is 1. The number of aromatic hydroxyl groups is 1. The standard InChI is InChI=1S/C30H31N5O7S/c1-18(40-19(2)37)28(39)31-23-9-7-22(8-10-23)29-41-26(15-27(42-29)21-5-3-20(16-36)4-6-21)17-43-30-32-33-34-35(30)24-11-13-25(38)14-12-24/h3-14,18,26-27,29,36,38H,15-17H2,1-2H3,(H,31,39). The maximum Gasteiger partial charge on any atom is 0.303 e. The Morgan fingerprint density at radius 3 is 2.42 bits per heavy atom. The van der Waals surface area contributed by atoms with Crippen LogP contribution in [0.5, 0.6) is 5.75 Å². The van der Waals surface area contributed by atoms with Crippen molar-refractivity contribution in [3.05, 3.63) is 89.5 Å². The number of rotatable bonds is 10. The van der Waals surface area contributed by atoms with E-state index in [9.17, 15) is 19.8 Å². The van der Waals surface area contributed by atoms with Gasteiger partial charge in [-0.1, -0.05) is 48.2 Å². The molecule has 3 N–H and O–H groups in total. The van der Waals surface area contributed by atoms with Gasteiger partial charge in [-0.05, 0) is 64.9 Å². The van der Waals surface area contributed by atoms with E-state index in [0.29, 0.717) is 28.7 Å². The second-order valence-electron chi connectivity index (χ2n) is 9.91. The molecule has 0 bridgehead atoms. The van der Waals surface area contributed by atoms with E-state index in [4.69, 9.17) is 14.2 Å². The monoisotopic (exact) mass is 605 g/mol. The summed E-state index contributed by atoms with van der Waals surface area (Å²) >= 11 is 1.44. The van der Waals surface area contributed by atoms with Crippen molar-refractivity contribution in [2.45, 2.75) is 56.6 Å². The summed E-state index contributed by atoms with van der Waals surface area (Å²) in [5, 5.41) is 34.5. The van der Waals surface area contributed by atoms with E-state index in [1.54, 1.807) is 41.1 Å². The lowest BCUT2D eigenvalue weighted by atomic mass is 10.0. The highest BCUT2D eigenvalue weighted by Crippen LogP contribution is 2.39. The number of aromatic nitrogens is 4. The van der Waals surface area contributed by atoms with E-state index in [0.717, 1.165) is 16.7 Å². The highest BCUT2D eigenvalue weighted by Gasteiger charge is 2.33. The molecule has 1 fully saturated rings. The molecule has 0 radical (unpaired) electrons. The van der Waals surface area contributed by atoms with Gasteiger partial charge in [0.25, 0.3) is 5.91 Å². The van der Waals surface area contributed by atoms with Gasteiger partial charge in [0, 0.05) is 30.3 Å². The largest absolute Gasteiger partial charge is 0.508 e. The zero-order valence-electron chi connectivity index (χ0n) is 23.5. The number of tetrazole rings is 1. The van der Waals surface area contributed by atoms with Crippen LogP contribution in [0, 0.1) is 0 Å². The van der Waals surface area contributed by atoms with Crippen LogP contribution in [0.3, 0.4) is 0 Å². The molecule has 4 atom stereocenters. The number of anilines is 1. The average molecular weight is 606 g/mol. The molecule has 1 saturated heterocycles. The smallest absolute Gasteiger partial charge is 0.303 e. The molecule has 3 aromatic carbocycles. The van der Waals surface area contributed by atoms with Crippen LogP contribution in [0.1, 0.15) is 49.4 Å². The van der Waals surface area contributed by atoms with Gasteiger partial charge in [-0.25, -0.2) is 0 Å². The summed E-state index contributed by atoms with van der Waals surface area (Å²) in [6.45, 7) is 2.71. The Morgan fingerprint density at radius 1 is 1.05 bits per heavy atom. The van der Waals surface area contributed by atoms with Gasteiger partial charge in [-0.3, -0.25) is 9.59 Å². The molecule has 2 heterocycles. The van der Waals surface area contributed by atoms with Crippen LogP contribution in [-0.2, 0) is 30.4 Å². The summed E-state index contributed by atoms with van der Waals surface area (Å²) in [4.78, 5) is 23.5. The van der Waals surface area contributed by atoms with Crippen LogP contribution in [-0.4, -0.2) is 60.3 Å². The van der Waals surface area contributed by atoms with Crippen LogP contribution < -0.4 is 5.32 Å². The third kappa shape index (κ3) is 7.76. The number of benzene rings is 3. The van der Waals surface area contributed by atoms with Crippen molar-refractivity contribution in [3.8, 4) is 11.4 Å². The minimum atomic E-state index is -0.923. The summed E-state index contributed by atoms with van der Waals surface area (Å²) in [5.41, 5.74) is 3.77. The number of carbonyl (C=O) groups is 2. The van der Waals surface area contributed by atoms with Gasteiger partial charge in [0.2, 0.25) is 5.16 Å². The Hall–Kier alpha value is -4.30. The Kier molecular flexibility index (Phi) is 9.67. The molecule has 13 heteroatoms. The fraction of sp³-hybridized carbons (Fsp3) is 0.300. The van der Waals surface area contributed by atoms with Crippen molar-refractivity contribution in [3.63, 3.8) is 0 Å². The average Bonchev–Trinajstić information content (AvgIpc) is 3.49. The van der Waals surface area contributed by atoms with Gasteiger partial charge in [0.15, 0.2) is 12.4 Å². The molecule has 224 valence electrons. The lowest BCUT2D eigenvalue weighted by Crippen LogP contribution is -2.31. The maximum absolute atomic E-state index is 12.3. The number of hydrogen-bond acceptors (Lipinski definition) is 11. The van der Waals surface area contributed by atoms with Crippen molar-refractivity contribution >= 4 is 29.3 Å². The lowest BCUT2D eigenvalue weighted by Gasteiger charge is -2.36. The quantitative estimate of drug-likeness (QED) is 0.177. The van der Waals surface area contributed by atoms with Crippen molar-refractivity contribution in [1.29, 1.82) is 0 Å². The molecule has 0 saturated carbocycles. The number of esters is 1. The number of thioether (sulfide) groups is 1. The molecule has 1 amide bonds. The lowest BCUT2D eigenvalue weighted by molar-refractivity contribution is -0.245. The topological polar surface area (TPSA) is 158 Å². The predicted molar refractivity (Wildman–Crippen MR) is 156 cm³/mol. The summed E-state index contributed by atoms with van der Waals surface area (Å²) in [6.07, 6.45) is -1.56. The number of nitrogens with zero attached hydrogens (tertiary/aromatic N) is 4. The first kappa shape index (κ1) is 30.2. The van der Waals surface area contributed by atoms with E-state index in [-0.39, 0.29) is 24.6 Å². The molecular formula is C30H31N5O7S. The third-order valence-corrected chi connectivity index (χ3v) is 7.76. The van der Waals surface area contributed by atoms with Gasteiger partial charge >= 0.3 is 5.97 Å². The highest BCUT2D eigenvalue weighted by atomic mass is 32.2. The normalized spacial score (nSPS) is 19.0. The SMILES string of the molecule is CC(=O)OC(C)C(=O)Nc1ccc(C2OC(CSc3nnnn3-c3ccc(O)cc3)CC(c3ccc(CO)cc3)O2)cc1. The molecule has 12 nitrogen and oxygen atoms in total. The number of phenols is 1. The number of aliphatic hydroxyl groups is 1. The number of nitrogens with one attached hydrogen (secondary N) is 1. The van der Waals surface area contributed by atoms with Crippen LogP contribution in [0.2, 0.25) is 0 Å². The molecule has 43 heavy (non-hydrogen) atoms. The fourth-order valence-corrected chi connectivity index (χ4v) is 5.39. The fourth-order valence-electron chi connectivity index (χ4n) is 4.48. The van der Waals surface area contributed by atoms with Crippen LogP contribution in [0.25, 0.3) is 5.69 Å². The third-order valence-electron chi connectivity index (χ3n) is 6.71. The summed E-state index contributed by atoms with van der Waals surface area (Å²) in [6, 6.07) is 21.3. The number of amides is 1. The van der Waals surface area contributed by atoms with Crippen molar-refractivity contribution in [2.24, 2.45) is 0 Å². The molecular weight excluding hydrogens is 574 g/mol. The predicted octanol–water partition coefficient (Wildman–Crippen LogP) is 4.09. The summed E-state index contributed by atoms with van der Waals surface area (Å²) < 4.78 is 19.3. The van der Waals surface area contributed by atoms with Crippen molar-refractivity contribution < 1.29 is 34.0 Å². The first-order chi connectivity index (χ1) is 20.8. The number of carbonyl (C=O) groups excluding carboxylic acids is 2. The number of hydrogen-bond donors (Lipinski definition) is 3. The second-order valence-corrected chi connectivity index (χ2v) is 10.9. The Labute approximate surface area is 252 Å². The van der Waals surface area contributed by atoms with E-state index in [1.807, 2.05) is 36.4 Å². The van der Waals surface area contributed by atoms with E-state index >= 15 is 0 Å². The highest BCUT2D eigenvalue weighted by molar-refractivity contribution is 7.99. The van der Waals surface area contributed by atoms with Gasteiger partial charge in [0.05, 0.1) is 24.5 Å². The van der Waals surface area contributed by atoms with Crippen LogP contribution >= 0.6 is 11.8 Å². The molecule has 1 aromatic heterocycles. The first-order valence-corrected chi connectivity index (χ1v) is 14.6. The molecule has 5 rings (SSSR count). The van der Waals surface area contributed by atoms with Crippen molar-refractivity contribution in [1.82, 2.24) is 20.2 Å². The summed E-state index contributed by atoms with van der Waals surface area (Å²) in [5.74, 6) is -0.287. The first-order valence-electron chi connectivity index (χ1n) is 13.6. The number of phenolic OH excluding ortho intramolecular Hbond substituents is 1. The molecule has 1 aliphatic rings. The number of ether oxygens (including phenoxy) is 3. The van der Waals surface area contributed by atoms with Gasteiger partial charge in [-0.15, -0.1) is 5.10 Å². The molecule has 1 aliphatic heterocycles. The van der Waals surface area contributed by atoms with Gasteiger partial charge < -0.3 is 29.7 Å².